The van der Waals surface area contributed by atoms with E-state index in [1.165, 1.54) is 18.8 Å². The molecule has 0 radical (unpaired) electrons. The Morgan fingerprint density at radius 1 is 1.06 bits per heavy atom. The summed E-state index contributed by atoms with van der Waals surface area (Å²) in [7, 11) is 1.48. The van der Waals surface area contributed by atoms with Crippen molar-refractivity contribution in [2.45, 2.75) is 37.8 Å². The zero-order valence-corrected chi connectivity index (χ0v) is 19.2. The van der Waals surface area contributed by atoms with Crippen LogP contribution in [-0.4, -0.2) is 36.6 Å². The quantitative estimate of drug-likeness (QED) is 0.264. The van der Waals surface area contributed by atoms with E-state index in [0.29, 0.717) is 40.5 Å². The molecule has 166 valence electrons. The van der Waals surface area contributed by atoms with Gasteiger partial charge in [-0.1, -0.05) is 42.5 Å². The Bertz CT molecular complexity index is 1400. The summed E-state index contributed by atoms with van der Waals surface area (Å²) in [5.74, 6) is 1.17. The van der Waals surface area contributed by atoms with Gasteiger partial charge < -0.3 is 5.11 Å². The molecular weight excluding hydrogens is 424 g/mol. The van der Waals surface area contributed by atoms with Crippen LogP contribution in [-0.2, 0) is 13.5 Å². The van der Waals surface area contributed by atoms with E-state index < -0.39 is 11.2 Å². The van der Waals surface area contributed by atoms with Crippen LogP contribution in [0.4, 0.5) is 0 Å². The Kier molecular flexibility index (Phi) is 6.43. The lowest BCUT2D eigenvalue weighted by Crippen LogP contribution is -2.39. The van der Waals surface area contributed by atoms with Gasteiger partial charge in [0, 0.05) is 31.9 Å². The Morgan fingerprint density at radius 3 is 2.56 bits per heavy atom. The van der Waals surface area contributed by atoms with Crippen molar-refractivity contribution >= 4 is 33.6 Å². The van der Waals surface area contributed by atoms with Crippen LogP contribution in [0.3, 0.4) is 0 Å². The van der Waals surface area contributed by atoms with Crippen molar-refractivity contribution in [2.24, 2.45) is 7.05 Å². The second-order valence-corrected chi connectivity index (χ2v) is 9.08. The largest absolute Gasteiger partial charge is 0.396 e. The third kappa shape index (κ3) is 4.08. The maximum Gasteiger partial charge on any atom is 0.332 e. The summed E-state index contributed by atoms with van der Waals surface area (Å²) < 4.78 is 2.67. The number of fused-ring (bicyclic) bond motifs is 2. The summed E-state index contributed by atoms with van der Waals surface area (Å²) >= 11 is 1.41. The fourth-order valence-corrected chi connectivity index (χ4v) is 4.80. The van der Waals surface area contributed by atoms with Crippen molar-refractivity contribution in [1.29, 1.82) is 0 Å². The van der Waals surface area contributed by atoms with E-state index in [4.69, 9.17) is 9.97 Å². The lowest BCUT2D eigenvalue weighted by Gasteiger charge is -2.17. The van der Waals surface area contributed by atoms with Gasteiger partial charge in [0.05, 0.1) is 0 Å². The van der Waals surface area contributed by atoms with E-state index >= 15 is 0 Å². The molecule has 0 spiro atoms. The Balaban J connectivity index is 1.95. The molecule has 0 aliphatic rings. The fraction of sp³-hybridized carbons (Fsp3) is 0.333. The molecule has 7 nitrogen and oxygen atoms in total. The van der Waals surface area contributed by atoms with Crippen molar-refractivity contribution in [2.75, 3.05) is 12.4 Å². The van der Waals surface area contributed by atoms with Gasteiger partial charge in [-0.05, 0) is 36.6 Å². The van der Waals surface area contributed by atoms with E-state index in [1.807, 2.05) is 38.1 Å². The zero-order chi connectivity index (χ0) is 22.8. The van der Waals surface area contributed by atoms with Crippen LogP contribution >= 0.6 is 11.8 Å². The van der Waals surface area contributed by atoms with Crippen LogP contribution in [0.2, 0.25) is 0 Å². The minimum absolute atomic E-state index is 0.0631. The first-order valence-electron chi connectivity index (χ1n) is 10.6. The van der Waals surface area contributed by atoms with Gasteiger partial charge in [-0.15, -0.1) is 11.8 Å². The average Bonchev–Trinajstić information content (AvgIpc) is 2.77. The number of benzene rings is 2. The van der Waals surface area contributed by atoms with Crippen LogP contribution in [0.5, 0.6) is 0 Å². The van der Waals surface area contributed by atoms with Gasteiger partial charge >= 0.3 is 5.69 Å². The van der Waals surface area contributed by atoms with E-state index in [-0.39, 0.29) is 12.6 Å². The molecule has 0 atom stereocenters. The number of aromatic nitrogens is 4. The van der Waals surface area contributed by atoms with Gasteiger partial charge in [0.1, 0.15) is 16.2 Å². The normalized spacial score (nSPS) is 11.7. The number of aliphatic hydroxyl groups is 1. The minimum Gasteiger partial charge on any atom is -0.396 e. The van der Waals surface area contributed by atoms with Crippen LogP contribution in [0.1, 0.15) is 37.7 Å². The summed E-state index contributed by atoms with van der Waals surface area (Å²) in [4.78, 5) is 35.4. The molecule has 4 aromatic rings. The van der Waals surface area contributed by atoms with Gasteiger partial charge in [0.25, 0.3) is 5.56 Å². The molecule has 32 heavy (non-hydrogen) atoms. The standard InChI is InChI=1S/C24H26N4O3S/c1-15(2)28-21-20(23(30)27(3)24(28)31)22(32-13-7-12-29)26-19(25-21)14-17-10-6-9-16-8-4-5-11-18(16)17/h4-6,8-11,15,29H,7,12-14H2,1-3H3. The summed E-state index contributed by atoms with van der Waals surface area (Å²) in [5.41, 5.74) is 0.657. The molecule has 2 heterocycles. The Morgan fingerprint density at radius 2 is 1.81 bits per heavy atom. The van der Waals surface area contributed by atoms with Gasteiger partial charge in [-0.25, -0.2) is 14.8 Å². The Hall–Kier alpha value is -2.97. The van der Waals surface area contributed by atoms with E-state index in [1.54, 1.807) is 4.57 Å². The zero-order valence-electron chi connectivity index (χ0n) is 18.4. The molecule has 0 aliphatic heterocycles. The topological polar surface area (TPSA) is 90.0 Å². The second-order valence-electron chi connectivity index (χ2n) is 7.99. The molecule has 0 fully saturated rings. The highest BCUT2D eigenvalue weighted by atomic mass is 32.2. The number of aliphatic hydroxyl groups excluding tert-OH is 1. The predicted octanol–water partition coefficient (Wildman–Crippen LogP) is 3.29. The molecule has 0 saturated heterocycles. The first-order valence-corrected chi connectivity index (χ1v) is 11.6. The van der Waals surface area contributed by atoms with Crippen LogP contribution < -0.4 is 11.2 Å². The van der Waals surface area contributed by atoms with Crippen molar-refractivity contribution in [1.82, 2.24) is 19.1 Å². The fourth-order valence-electron chi connectivity index (χ4n) is 3.84. The molecule has 0 amide bonds. The van der Waals surface area contributed by atoms with Crippen molar-refractivity contribution in [3.05, 3.63) is 74.7 Å². The molecule has 8 heteroatoms. The number of rotatable bonds is 7. The number of hydrogen-bond donors (Lipinski definition) is 1. The number of hydrogen-bond acceptors (Lipinski definition) is 6. The third-order valence-electron chi connectivity index (χ3n) is 5.43. The molecule has 4 rings (SSSR count). The second kappa shape index (κ2) is 9.26. The number of nitrogens with zero attached hydrogens (tertiary/aromatic N) is 4. The SMILES string of the molecule is CC(C)n1c(=O)n(C)c(=O)c2c(SCCCO)nc(Cc3cccc4ccccc34)nc21. The summed E-state index contributed by atoms with van der Waals surface area (Å²) in [6, 6.07) is 14.1. The molecule has 0 aliphatic carbocycles. The maximum absolute atomic E-state index is 13.0. The number of thioether (sulfide) groups is 1. The van der Waals surface area contributed by atoms with Crippen LogP contribution in [0.25, 0.3) is 21.8 Å². The van der Waals surface area contributed by atoms with E-state index in [0.717, 1.165) is 20.9 Å². The maximum atomic E-state index is 13.0. The molecule has 0 bridgehead atoms. The van der Waals surface area contributed by atoms with Crippen molar-refractivity contribution < 1.29 is 5.11 Å². The molecule has 2 aromatic heterocycles. The first-order chi connectivity index (χ1) is 15.4. The first kappa shape index (κ1) is 22.2. The highest BCUT2D eigenvalue weighted by Gasteiger charge is 2.20. The molecule has 2 aromatic carbocycles. The Labute approximate surface area is 189 Å². The van der Waals surface area contributed by atoms with E-state index in [9.17, 15) is 14.7 Å². The average molecular weight is 451 g/mol. The predicted molar refractivity (Wildman–Crippen MR) is 129 cm³/mol. The third-order valence-corrected chi connectivity index (χ3v) is 6.49. The van der Waals surface area contributed by atoms with Crippen molar-refractivity contribution in [3.63, 3.8) is 0 Å². The molecule has 0 saturated carbocycles. The molecular formula is C24H26N4O3S. The molecule has 0 unspecified atom stereocenters. The monoisotopic (exact) mass is 450 g/mol. The highest BCUT2D eigenvalue weighted by Crippen LogP contribution is 2.26. The lowest BCUT2D eigenvalue weighted by atomic mass is 10.0. The smallest absolute Gasteiger partial charge is 0.332 e. The summed E-state index contributed by atoms with van der Waals surface area (Å²) in [6.45, 7) is 3.86. The summed E-state index contributed by atoms with van der Waals surface area (Å²) in [6.07, 6.45) is 1.06. The van der Waals surface area contributed by atoms with Crippen LogP contribution in [0.15, 0.2) is 57.1 Å². The summed E-state index contributed by atoms with van der Waals surface area (Å²) in [5, 5.41) is 12.4. The molecule has 1 N–H and O–H groups in total. The van der Waals surface area contributed by atoms with Crippen molar-refractivity contribution in [3.8, 4) is 0 Å². The van der Waals surface area contributed by atoms with Gasteiger partial charge in [-0.2, -0.15) is 0 Å². The van der Waals surface area contributed by atoms with E-state index in [2.05, 4.69) is 18.2 Å². The van der Waals surface area contributed by atoms with Crippen LogP contribution in [0, 0.1) is 0 Å². The van der Waals surface area contributed by atoms with Gasteiger partial charge in [0.2, 0.25) is 0 Å². The van der Waals surface area contributed by atoms with Gasteiger partial charge in [-0.3, -0.25) is 13.9 Å². The lowest BCUT2D eigenvalue weighted by molar-refractivity contribution is 0.296. The highest BCUT2D eigenvalue weighted by molar-refractivity contribution is 7.99. The minimum atomic E-state index is -0.398. The van der Waals surface area contributed by atoms with Gasteiger partial charge in [0.15, 0.2) is 5.65 Å².